The van der Waals surface area contributed by atoms with Crippen molar-refractivity contribution < 1.29 is 13.2 Å². The average molecular weight is 404 g/mol. The minimum Gasteiger partial charge on any atom is -0.496 e. The van der Waals surface area contributed by atoms with Crippen LogP contribution >= 0.6 is 11.6 Å². The van der Waals surface area contributed by atoms with Gasteiger partial charge in [-0.2, -0.15) is 0 Å². The van der Waals surface area contributed by atoms with Crippen LogP contribution in [0.4, 0.5) is 5.82 Å². The second-order valence-corrected chi connectivity index (χ2v) is 8.18. The summed E-state index contributed by atoms with van der Waals surface area (Å²) < 4.78 is 30.3. The quantitative estimate of drug-likeness (QED) is 0.647. The van der Waals surface area contributed by atoms with Gasteiger partial charge >= 0.3 is 0 Å². The largest absolute Gasteiger partial charge is 0.496 e. The minimum absolute atomic E-state index is 0.0692. The molecule has 0 bridgehead atoms. The van der Waals surface area contributed by atoms with Gasteiger partial charge in [0.1, 0.15) is 11.6 Å². The highest BCUT2D eigenvalue weighted by molar-refractivity contribution is 7.90. The van der Waals surface area contributed by atoms with Gasteiger partial charge in [-0.25, -0.2) is 8.42 Å². The van der Waals surface area contributed by atoms with Crippen molar-refractivity contribution >= 4 is 27.3 Å². The number of methoxy groups -OCH3 is 1. The number of nitrogens with zero attached hydrogens (tertiary/aromatic N) is 2. The van der Waals surface area contributed by atoms with Gasteiger partial charge in [-0.15, -0.1) is 10.2 Å². The van der Waals surface area contributed by atoms with Crippen LogP contribution in [0.3, 0.4) is 0 Å². The number of aromatic nitrogens is 2. The van der Waals surface area contributed by atoms with Crippen LogP contribution in [-0.2, 0) is 22.1 Å². The molecular formula is C19H18ClN3O3S. The summed E-state index contributed by atoms with van der Waals surface area (Å²) in [5.74, 6) is 1.08. The fourth-order valence-corrected chi connectivity index (χ4v) is 3.83. The first kappa shape index (κ1) is 19.1. The van der Waals surface area contributed by atoms with Crippen molar-refractivity contribution in [2.75, 3.05) is 12.4 Å². The van der Waals surface area contributed by atoms with Crippen LogP contribution < -0.4 is 10.1 Å². The predicted molar refractivity (Wildman–Crippen MR) is 105 cm³/mol. The molecule has 3 rings (SSSR count). The molecule has 3 aromatic rings. The second-order valence-electron chi connectivity index (χ2n) is 5.81. The highest BCUT2D eigenvalue weighted by Gasteiger charge is 2.17. The van der Waals surface area contributed by atoms with E-state index in [-0.39, 0.29) is 10.8 Å². The SMILES string of the molecule is COc1ccccc1CNc1ccc(S(=O)(=O)Cc2ccc(Cl)cc2)nn1. The lowest BCUT2D eigenvalue weighted by Gasteiger charge is -2.10. The summed E-state index contributed by atoms with van der Waals surface area (Å²) in [6.45, 7) is 0.482. The highest BCUT2D eigenvalue weighted by atomic mass is 35.5. The molecule has 0 radical (unpaired) electrons. The summed E-state index contributed by atoms with van der Waals surface area (Å²) in [6, 6.07) is 17.3. The van der Waals surface area contributed by atoms with Gasteiger partial charge in [0, 0.05) is 17.1 Å². The smallest absolute Gasteiger partial charge is 0.201 e. The van der Waals surface area contributed by atoms with Crippen LogP contribution in [0.2, 0.25) is 5.02 Å². The zero-order chi connectivity index (χ0) is 19.3. The third kappa shape index (κ3) is 4.96. The number of ether oxygens (including phenoxy) is 1. The van der Waals surface area contributed by atoms with Crippen molar-refractivity contribution in [2.45, 2.75) is 17.3 Å². The Labute approximate surface area is 163 Å². The molecule has 1 heterocycles. The Hall–Kier alpha value is -2.64. The van der Waals surface area contributed by atoms with E-state index in [0.717, 1.165) is 11.3 Å². The summed E-state index contributed by atoms with van der Waals surface area (Å²) in [4.78, 5) is 0. The molecule has 0 fully saturated rings. The van der Waals surface area contributed by atoms with E-state index in [2.05, 4.69) is 15.5 Å². The molecule has 2 aromatic carbocycles. The topological polar surface area (TPSA) is 81.2 Å². The van der Waals surface area contributed by atoms with Gasteiger partial charge in [-0.1, -0.05) is 41.9 Å². The molecule has 0 unspecified atom stereocenters. The lowest BCUT2D eigenvalue weighted by Crippen LogP contribution is -2.10. The van der Waals surface area contributed by atoms with E-state index in [1.54, 1.807) is 37.4 Å². The first-order valence-electron chi connectivity index (χ1n) is 8.14. The number of hydrogen-bond acceptors (Lipinski definition) is 6. The molecule has 0 spiro atoms. The Morgan fingerprint density at radius 1 is 1.00 bits per heavy atom. The van der Waals surface area contributed by atoms with E-state index in [1.165, 1.54) is 6.07 Å². The normalized spacial score (nSPS) is 11.2. The number of benzene rings is 2. The van der Waals surface area contributed by atoms with E-state index in [4.69, 9.17) is 16.3 Å². The first-order chi connectivity index (χ1) is 13.0. The number of para-hydroxylation sites is 1. The summed E-state index contributed by atoms with van der Waals surface area (Å²) in [7, 11) is -1.98. The van der Waals surface area contributed by atoms with E-state index in [9.17, 15) is 8.42 Å². The number of hydrogen-bond donors (Lipinski definition) is 1. The van der Waals surface area contributed by atoms with Gasteiger partial charge in [0.25, 0.3) is 0 Å². The molecule has 0 aliphatic rings. The van der Waals surface area contributed by atoms with Crippen LogP contribution in [0, 0.1) is 0 Å². The fourth-order valence-electron chi connectivity index (χ4n) is 2.49. The van der Waals surface area contributed by atoms with Gasteiger partial charge < -0.3 is 10.1 Å². The summed E-state index contributed by atoms with van der Waals surface area (Å²) in [6.07, 6.45) is 0. The van der Waals surface area contributed by atoms with Crippen molar-refractivity contribution in [3.8, 4) is 5.75 Å². The molecular weight excluding hydrogens is 386 g/mol. The van der Waals surface area contributed by atoms with Crippen LogP contribution in [0.25, 0.3) is 0 Å². The van der Waals surface area contributed by atoms with E-state index >= 15 is 0 Å². The van der Waals surface area contributed by atoms with Gasteiger partial charge in [0.2, 0.25) is 9.84 Å². The molecule has 0 aliphatic heterocycles. The predicted octanol–water partition coefficient (Wildman–Crippen LogP) is 3.72. The summed E-state index contributed by atoms with van der Waals surface area (Å²) in [5.41, 5.74) is 1.60. The highest BCUT2D eigenvalue weighted by Crippen LogP contribution is 2.19. The monoisotopic (exact) mass is 403 g/mol. The molecule has 0 amide bonds. The third-order valence-corrected chi connectivity index (χ3v) is 5.70. The zero-order valence-electron chi connectivity index (χ0n) is 14.6. The molecule has 8 heteroatoms. The van der Waals surface area contributed by atoms with Crippen molar-refractivity contribution in [1.29, 1.82) is 0 Å². The van der Waals surface area contributed by atoms with Gasteiger partial charge in [-0.05, 0) is 35.9 Å². The van der Waals surface area contributed by atoms with Crippen LogP contribution in [0.5, 0.6) is 5.75 Å². The molecule has 0 aliphatic carbocycles. The minimum atomic E-state index is -3.59. The Balaban J connectivity index is 1.68. The summed E-state index contributed by atoms with van der Waals surface area (Å²) >= 11 is 5.82. The van der Waals surface area contributed by atoms with Gasteiger partial charge in [-0.3, -0.25) is 0 Å². The molecule has 1 aromatic heterocycles. The van der Waals surface area contributed by atoms with Gasteiger partial charge in [0.05, 0.1) is 12.9 Å². The van der Waals surface area contributed by atoms with Gasteiger partial charge in [0.15, 0.2) is 5.03 Å². The summed E-state index contributed by atoms with van der Waals surface area (Å²) in [5, 5.41) is 11.4. The maximum atomic E-state index is 12.5. The lowest BCUT2D eigenvalue weighted by molar-refractivity contribution is 0.410. The van der Waals surface area contributed by atoms with E-state index in [0.29, 0.717) is 22.9 Å². The average Bonchev–Trinajstić information content (AvgIpc) is 2.68. The van der Waals surface area contributed by atoms with E-state index < -0.39 is 9.84 Å². The van der Waals surface area contributed by atoms with Crippen LogP contribution in [0.15, 0.2) is 65.7 Å². The third-order valence-electron chi connectivity index (χ3n) is 3.88. The molecule has 0 atom stereocenters. The Morgan fingerprint density at radius 3 is 2.41 bits per heavy atom. The van der Waals surface area contributed by atoms with Crippen molar-refractivity contribution in [1.82, 2.24) is 10.2 Å². The first-order valence-corrected chi connectivity index (χ1v) is 10.2. The standard InChI is InChI=1S/C19H18ClN3O3S/c1-26-17-5-3-2-4-15(17)12-21-18-10-11-19(23-22-18)27(24,25)13-14-6-8-16(20)9-7-14/h2-11H,12-13H2,1H3,(H,21,22). The molecule has 140 valence electrons. The lowest BCUT2D eigenvalue weighted by atomic mass is 10.2. The fraction of sp³-hybridized carbons (Fsp3) is 0.158. The molecule has 6 nitrogen and oxygen atoms in total. The number of halogens is 1. The Morgan fingerprint density at radius 2 is 1.74 bits per heavy atom. The van der Waals surface area contributed by atoms with Crippen LogP contribution in [0.1, 0.15) is 11.1 Å². The van der Waals surface area contributed by atoms with Crippen LogP contribution in [-0.4, -0.2) is 25.7 Å². The molecule has 0 saturated carbocycles. The number of rotatable bonds is 7. The number of sulfone groups is 1. The Bertz CT molecular complexity index is 1010. The maximum Gasteiger partial charge on any atom is 0.201 e. The van der Waals surface area contributed by atoms with E-state index in [1.807, 2.05) is 24.3 Å². The van der Waals surface area contributed by atoms with Crippen molar-refractivity contribution in [3.63, 3.8) is 0 Å². The Kier molecular flexibility index (Phi) is 5.93. The maximum absolute atomic E-state index is 12.5. The van der Waals surface area contributed by atoms with Crippen molar-refractivity contribution in [3.05, 3.63) is 76.8 Å². The molecule has 27 heavy (non-hydrogen) atoms. The molecule has 0 saturated heterocycles. The van der Waals surface area contributed by atoms with Crippen molar-refractivity contribution in [2.24, 2.45) is 0 Å². The number of nitrogens with one attached hydrogen (secondary N) is 1. The second kappa shape index (κ2) is 8.37. The molecule has 1 N–H and O–H groups in total. The zero-order valence-corrected chi connectivity index (χ0v) is 16.2. The number of anilines is 1.